The number of benzene rings is 1. The third kappa shape index (κ3) is 5.49. The van der Waals surface area contributed by atoms with E-state index in [9.17, 15) is 19.7 Å². The van der Waals surface area contributed by atoms with E-state index >= 15 is 0 Å². The van der Waals surface area contributed by atoms with Crippen molar-refractivity contribution in [2.45, 2.75) is 0 Å². The molecule has 0 aliphatic heterocycles. The maximum Gasteiger partial charge on any atom is 0.321 e. The van der Waals surface area contributed by atoms with E-state index in [-0.39, 0.29) is 23.0 Å². The molecule has 0 heterocycles. The van der Waals surface area contributed by atoms with E-state index in [2.05, 4.69) is 11.9 Å². The predicted molar refractivity (Wildman–Crippen MR) is 75.3 cm³/mol. The van der Waals surface area contributed by atoms with Crippen LogP contribution in [0.4, 0.5) is 10.5 Å². The summed E-state index contributed by atoms with van der Waals surface area (Å²) in [6, 6.07) is 2.88. The number of non-ortho nitro benzene ring substituents is 1. The minimum atomic E-state index is -0.689. The van der Waals surface area contributed by atoms with Crippen LogP contribution in [-0.2, 0) is 4.79 Å². The SMILES string of the molecule is C=CCNC(=O)NC(=O)COc1ccc([N+](=O)[O-])cc1Cl. The van der Waals surface area contributed by atoms with E-state index < -0.39 is 23.5 Å². The van der Waals surface area contributed by atoms with Gasteiger partial charge in [0.1, 0.15) is 5.75 Å². The van der Waals surface area contributed by atoms with E-state index in [1.165, 1.54) is 18.2 Å². The summed E-state index contributed by atoms with van der Waals surface area (Å²) in [7, 11) is 0. The Balaban J connectivity index is 2.51. The van der Waals surface area contributed by atoms with Gasteiger partial charge in [0.25, 0.3) is 11.6 Å². The second-order valence-electron chi connectivity index (χ2n) is 3.71. The van der Waals surface area contributed by atoms with Crippen molar-refractivity contribution in [2.75, 3.05) is 13.2 Å². The molecule has 1 aromatic carbocycles. The molecule has 0 spiro atoms. The van der Waals surface area contributed by atoms with Crippen LogP contribution in [-0.4, -0.2) is 30.0 Å². The summed E-state index contributed by atoms with van der Waals surface area (Å²) in [5.41, 5.74) is -0.194. The maximum atomic E-state index is 11.4. The van der Waals surface area contributed by atoms with Crippen LogP contribution in [0.15, 0.2) is 30.9 Å². The number of hydrogen-bond acceptors (Lipinski definition) is 5. The Morgan fingerprint density at radius 3 is 2.76 bits per heavy atom. The molecule has 0 unspecified atom stereocenters. The second kappa shape index (κ2) is 7.85. The number of nitro groups is 1. The van der Waals surface area contributed by atoms with Crippen LogP contribution in [0.25, 0.3) is 0 Å². The fraction of sp³-hybridized carbons (Fsp3) is 0.167. The third-order valence-corrected chi connectivity index (χ3v) is 2.44. The minimum absolute atomic E-state index is 0.00638. The number of halogens is 1. The molecular weight excluding hydrogens is 302 g/mol. The van der Waals surface area contributed by atoms with Crippen molar-refractivity contribution in [2.24, 2.45) is 0 Å². The first-order valence-corrected chi connectivity index (χ1v) is 6.07. The standard InChI is InChI=1S/C12H12ClN3O5/c1-2-5-14-12(18)15-11(17)7-21-10-4-3-8(16(19)20)6-9(10)13/h2-4,6H,1,5,7H2,(H2,14,15,17,18). The Hall–Kier alpha value is -2.61. The number of nitro benzene ring substituents is 1. The molecule has 0 atom stereocenters. The Morgan fingerprint density at radius 1 is 1.48 bits per heavy atom. The lowest BCUT2D eigenvalue weighted by atomic mass is 10.3. The number of urea groups is 1. The monoisotopic (exact) mass is 313 g/mol. The highest BCUT2D eigenvalue weighted by Gasteiger charge is 2.12. The number of nitrogens with one attached hydrogen (secondary N) is 2. The fourth-order valence-corrected chi connectivity index (χ4v) is 1.46. The second-order valence-corrected chi connectivity index (χ2v) is 4.11. The van der Waals surface area contributed by atoms with E-state index in [4.69, 9.17) is 16.3 Å². The number of hydrogen-bond donors (Lipinski definition) is 2. The van der Waals surface area contributed by atoms with Crippen molar-refractivity contribution >= 4 is 29.2 Å². The number of nitrogens with zero attached hydrogens (tertiary/aromatic N) is 1. The highest BCUT2D eigenvalue weighted by atomic mass is 35.5. The van der Waals surface area contributed by atoms with Gasteiger partial charge in [0, 0.05) is 18.7 Å². The molecule has 0 saturated heterocycles. The number of ether oxygens (including phenoxy) is 1. The number of carbonyl (C=O) groups is 2. The van der Waals surface area contributed by atoms with Crippen LogP contribution in [0.3, 0.4) is 0 Å². The van der Waals surface area contributed by atoms with E-state index in [0.29, 0.717) is 0 Å². The predicted octanol–water partition coefficient (Wildman–Crippen LogP) is 1.64. The van der Waals surface area contributed by atoms with Gasteiger partial charge in [0.15, 0.2) is 6.61 Å². The highest BCUT2D eigenvalue weighted by molar-refractivity contribution is 6.32. The molecule has 0 radical (unpaired) electrons. The smallest absolute Gasteiger partial charge is 0.321 e. The average molecular weight is 314 g/mol. The zero-order valence-electron chi connectivity index (χ0n) is 10.8. The lowest BCUT2D eigenvalue weighted by Crippen LogP contribution is -2.41. The Morgan fingerprint density at radius 2 is 2.19 bits per heavy atom. The first kappa shape index (κ1) is 16.4. The van der Waals surface area contributed by atoms with Crippen LogP contribution >= 0.6 is 11.6 Å². The van der Waals surface area contributed by atoms with Gasteiger partial charge in [-0.2, -0.15) is 0 Å². The van der Waals surface area contributed by atoms with Gasteiger partial charge in [-0.3, -0.25) is 20.2 Å². The van der Waals surface area contributed by atoms with Crippen molar-refractivity contribution in [1.29, 1.82) is 0 Å². The Bertz CT molecular complexity index is 576. The normalized spacial score (nSPS) is 9.57. The van der Waals surface area contributed by atoms with Gasteiger partial charge in [-0.1, -0.05) is 17.7 Å². The molecule has 9 heteroatoms. The molecule has 0 bridgehead atoms. The summed E-state index contributed by atoms with van der Waals surface area (Å²) in [5.74, 6) is -0.588. The van der Waals surface area contributed by atoms with Crippen LogP contribution in [0.2, 0.25) is 5.02 Å². The van der Waals surface area contributed by atoms with Crippen molar-refractivity contribution in [3.63, 3.8) is 0 Å². The molecule has 0 saturated carbocycles. The number of carbonyl (C=O) groups excluding carboxylic acids is 2. The lowest BCUT2D eigenvalue weighted by Gasteiger charge is -2.08. The average Bonchev–Trinajstić information content (AvgIpc) is 2.43. The molecule has 2 N–H and O–H groups in total. The zero-order chi connectivity index (χ0) is 15.8. The molecule has 21 heavy (non-hydrogen) atoms. The van der Waals surface area contributed by atoms with Crippen molar-refractivity contribution in [3.8, 4) is 5.75 Å². The molecule has 0 aromatic heterocycles. The van der Waals surface area contributed by atoms with Crippen molar-refractivity contribution < 1.29 is 19.2 Å². The van der Waals surface area contributed by atoms with Gasteiger partial charge < -0.3 is 10.1 Å². The number of rotatable bonds is 6. The molecule has 0 aliphatic carbocycles. The molecule has 1 aromatic rings. The van der Waals surface area contributed by atoms with Gasteiger partial charge >= 0.3 is 6.03 Å². The van der Waals surface area contributed by atoms with Crippen molar-refractivity contribution in [1.82, 2.24) is 10.6 Å². The van der Waals surface area contributed by atoms with E-state index in [1.54, 1.807) is 0 Å². The lowest BCUT2D eigenvalue weighted by molar-refractivity contribution is -0.384. The summed E-state index contributed by atoms with van der Waals surface area (Å²) >= 11 is 5.78. The molecule has 0 aliphatic rings. The molecule has 3 amide bonds. The summed E-state index contributed by atoms with van der Waals surface area (Å²) in [5, 5.41) is 14.9. The molecule has 1 rings (SSSR count). The van der Waals surface area contributed by atoms with Crippen LogP contribution in [0.5, 0.6) is 5.75 Å². The van der Waals surface area contributed by atoms with Crippen molar-refractivity contribution in [3.05, 3.63) is 46.0 Å². The first-order valence-electron chi connectivity index (χ1n) is 5.69. The summed E-state index contributed by atoms with van der Waals surface area (Å²) in [6.07, 6.45) is 1.46. The Kier molecular flexibility index (Phi) is 6.15. The Labute approximate surface area is 124 Å². The molecule has 0 fully saturated rings. The van der Waals surface area contributed by atoms with Crippen LogP contribution in [0, 0.1) is 10.1 Å². The summed E-state index contributed by atoms with van der Waals surface area (Å²) < 4.78 is 5.07. The maximum absolute atomic E-state index is 11.4. The van der Waals surface area contributed by atoms with Gasteiger partial charge in [0.2, 0.25) is 0 Å². The quantitative estimate of drug-likeness (QED) is 0.471. The summed E-state index contributed by atoms with van der Waals surface area (Å²) in [4.78, 5) is 32.5. The molecule has 112 valence electrons. The number of imide groups is 1. The topological polar surface area (TPSA) is 111 Å². The van der Waals surface area contributed by atoms with Gasteiger partial charge in [0.05, 0.1) is 9.95 Å². The van der Waals surface area contributed by atoms with Gasteiger partial charge in [-0.05, 0) is 6.07 Å². The molecular formula is C12H12ClN3O5. The third-order valence-electron chi connectivity index (χ3n) is 2.14. The van der Waals surface area contributed by atoms with Crippen LogP contribution < -0.4 is 15.4 Å². The fourth-order valence-electron chi connectivity index (χ4n) is 1.24. The number of amides is 3. The van der Waals surface area contributed by atoms with E-state index in [0.717, 1.165) is 6.07 Å². The molecule has 8 nitrogen and oxygen atoms in total. The van der Waals surface area contributed by atoms with Crippen LogP contribution in [0.1, 0.15) is 0 Å². The van der Waals surface area contributed by atoms with Gasteiger partial charge in [-0.15, -0.1) is 6.58 Å². The zero-order valence-corrected chi connectivity index (χ0v) is 11.6. The largest absolute Gasteiger partial charge is 0.482 e. The first-order chi connectivity index (χ1) is 9.93. The highest BCUT2D eigenvalue weighted by Crippen LogP contribution is 2.28. The van der Waals surface area contributed by atoms with Gasteiger partial charge in [-0.25, -0.2) is 4.79 Å². The van der Waals surface area contributed by atoms with E-state index in [1.807, 2.05) is 5.32 Å². The summed E-state index contributed by atoms with van der Waals surface area (Å²) in [6.45, 7) is 3.16. The minimum Gasteiger partial charge on any atom is -0.482 e.